The Morgan fingerprint density at radius 2 is 2.03 bits per heavy atom. The van der Waals surface area contributed by atoms with Crippen molar-refractivity contribution in [2.45, 2.75) is 51.7 Å². The summed E-state index contributed by atoms with van der Waals surface area (Å²) in [6.07, 6.45) is 1.69. The number of ether oxygens (including phenoxy) is 2. The third kappa shape index (κ3) is 6.12. The normalized spacial score (nSPS) is 16.4. The smallest absolute Gasteiger partial charge is 0.410 e. The summed E-state index contributed by atoms with van der Waals surface area (Å²) < 4.78 is 10.7. The minimum Gasteiger partial charge on any atom is -0.490 e. The van der Waals surface area contributed by atoms with Gasteiger partial charge in [-0.25, -0.2) is 4.79 Å². The molecule has 1 atom stereocenters. The van der Waals surface area contributed by atoms with E-state index in [1.807, 2.05) is 32.9 Å². The molecule has 1 unspecified atom stereocenters. The second kappa shape index (κ2) is 9.89. The molecule has 1 saturated heterocycles. The molecular formula is C24H31N3O5. The van der Waals surface area contributed by atoms with Crippen LogP contribution in [0.4, 0.5) is 16.2 Å². The van der Waals surface area contributed by atoms with Gasteiger partial charge < -0.3 is 19.7 Å². The summed E-state index contributed by atoms with van der Waals surface area (Å²) in [5.74, 6) is 0.491. The van der Waals surface area contributed by atoms with Gasteiger partial charge in [0.2, 0.25) is 0 Å². The number of carbonyl (C=O) groups is 1. The monoisotopic (exact) mass is 441 g/mol. The molecule has 2 aromatic rings. The Kier molecular flexibility index (Phi) is 7.22. The first-order chi connectivity index (χ1) is 15.2. The molecule has 0 radical (unpaired) electrons. The number of benzene rings is 2. The van der Waals surface area contributed by atoms with E-state index in [2.05, 4.69) is 17.4 Å². The van der Waals surface area contributed by atoms with Crippen molar-refractivity contribution in [1.29, 1.82) is 0 Å². The van der Waals surface area contributed by atoms with Crippen molar-refractivity contribution < 1.29 is 19.2 Å². The lowest BCUT2D eigenvalue weighted by Gasteiger charge is -2.34. The lowest BCUT2D eigenvalue weighted by atomic mass is 9.90. The average molecular weight is 442 g/mol. The van der Waals surface area contributed by atoms with Crippen LogP contribution in [0.1, 0.15) is 50.7 Å². The van der Waals surface area contributed by atoms with Gasteiger partial charge in [0.25, 0.3) is 0 Å². The van der Waals surface area contributed by atoms with E-state index in [1.165, 1.54) is 18.7 Å². The molecular weight excluding hydrogens is 410 g/mol. The largest absolute Gasteiger partial charge is 0.490 e. The van der Waals surface area contributed by atoms with Crippen molar-refractivity contribution in [3.8, 4) is 5.75 Å². The highest BCUT2D eigenvalue weighted by Gasteiger charge is 2.28. The maximum atomic E-state index is 12.5. The van der Waals surface area contributed by atoms with Crippen LogP contribution in [-0.4, -0.2) is 41.7 Å². The van der Waals surface area contributed by atoms with Crippen LogP contribution in [0, 0.1) is 10.1 Å². The third-order valence-electron chi connectivity index (χ3n) is 5.37. The first-order valence-corrected chi connectivity index (χ1v) is 10.8. The topological polar surface area (TPSA) is 93.9 Å². The van der Waals surface area contributed by atoms with Crippen molar-refractivity contribution in [2.75, 3.05) is 25.5 Å². The summed E-state index contributed by atoms with van der Waals surface area (Å²) in [6.45, 7) is 7.49. The summed E-state index contributed by atoms with van der Waals surface area (Å²) in [5.41, 5.74) is 2.45. The lowest BCUT2D eigenvalue weighted by Crippen LogP contribution is -2.42. The van der Waals surface area contributed by atoms with Crippen molar-refractivity contribution in [3.05, 3.63) is 63.7 Å². The van der Waals surface area contributed by atoms with Gasteiger partial charge in [0, 0.05) is 37.3 Å². The van der Waals surface area contributed by atoms with Crippen LogP contribution in [0.2, 0.25) is 0 Å². The minimum absolute atomic E-state index is 0.0508. The van der Waals surface area contributed by atoms with Gasteiger partial charge >= 0.3 is 11.8 Å². The van der Waals surface area contributed by atoms with Gasteiger partial charge in [-0.05, 0) is 62.9 Å². The predicted octanol–water partition coefficient (Wildman–Crippen LogP) is 5.33. The van der Waals surface area contributed by atoms with Gasteiger partial charge in [-0.15, -0.1) is 0 Å². The quantitative estimate of drug-likeness (QED) is 0.481. The molecule has 1 amide bonds. The van der Waals surface area contributed by atoms with Crippen LogP contribution in [0.15, 0.2) is 42.5 Å². The molecule has 1 fully saturated rings. The highest BCUT2D eigenvalue weighted by atomic mass is 16.6. The summed E-state index contributed by atoms with van der Waals surface area (Å²) in [5, 5.41) is 14.4. The van der Waals surface area contributed by atoms with E-state index in [0.29, 0.717) is 19.6 Å². The fraction of sp³-hybridized carbons (Fsp3) is 0.458. The highest BCUT2D eigenvalue weighted by Crippen LogP contribution is 2.30. The van der Waals surface area contributed by atoms with E-state index in [1.54, 1.807) is 17.0 Å². The molecule has 0 spiro atoms. The molecule has 1 aliphatic heterocycles. The molecule has 1 N–H and O–H groups in total. The number of nitrogens with one attached hydrogen (secondary N) is 1. The Hall–Kier alpha value is -3.29. The number of amides is 1. The van der Waals surface area contributed by atoms with Crippen LogP contribution in [0.3, 0.4) is 0 Å². The number of hydrogen-bond acceptors (Lipinski definition) is 6. The molecule has 8 nitrogen and oxygen atoms in total. The van der Waals surface area contributed by atoms with Crippen LogP contribution in [0.5, 0.6) is 5.75 Å². The van der Waals surface area contributed by atoms with Gasteiger partial charge in [-0.3, -0.25) is 10.1 Å². The molecule has 0 saturated carbocycles. The molecule has 0 aromatic heterocycles. The van der Waals surface area contributed by atoms with Crippen LogP contribution in [-0.2, 0) is 11.3 Å². The SMILES string of the molecule is COc1cc(CNc2cccc(C3CCCN(C(=O)OC(C)(C)C)C3)c2)ccc1[N+](=O)[O-]. The Bertz CT molecular complexity index is 970. The average Bonchev–Trinajstić information content (AvgIpc) is 2.76. The van der Waals surface area contributed by atoms with Gasteiger partial charge in [0.05, 0.1) is 12.0 Å². The number of hydrogen-bond donors (Lipinski definition) is 1. The predicted molar refractivity (Wildman–Crippen MR) is 123 cm³/mol. The number of carbonyl (C=O) groups excluding carboxylic acids is 1. The van der Waals surface area contributed by atoms with Crippen molar-refractivity contribution in [1.82, 2.24) is 4.90 Å². The number of nitrogens with zero attached hydrogens (tertiary/aromatic N) is 2. The van der Waals surface area contributed by atoms with E-state index in [4.69, 9.17) is 9.47 Å². The first-order valence-electron chi connectivity index (χ1n) is 10.8. The molecule has 32 heavy (non-hydrogen) atoms. The second-order valence-corrected chi connectivity index (χ2v) is 9.01. The molecule has 0 aliphatic carbocycles. The molecule has 0 bridgehead atoms. The zero-order chi connectivity index (χ0) is 23.3. The van der Waals surface area contributed by atoms with Gasteiger partial charge in [0.15, 0.2) is 5.75 Å². The lowest BCUT2D eigenvalue weighted by molar-refractivity contribution is -0.385. The van der Waals surface area contributed by atoms with Crippen LogP contribution in [0.25, 0.3) is 0 Å². The summed E-state index contributed by atoms with van der Waals surface area (Å²) in [7, 11) is 1.42. The van der Waals surface area contributed by atoms with E-state index >= 15 is 0 Å². The molecule has 3 rings (SSSR count). The molecule has 2 aromatic carbocycles. The van der Waals surface area contributed by atoms with Gasteiger partial charge in [0.1, 0.15) is 5.60 Å². The number of methoxy groups -OCH3 is 1. The number of rotatable bonds is 6. The molecule has 1 heterocycles. The standard InChI is InChI=1S/C24H31N3O5/c1-24(2,3)32-23(28)26-12-6-8-19(16-26)18-7-5-9-20(14-18)25-15-17-10-11-21(27(29)30)22(13-17)31-4/h5,7,9-11,13-14,19,25H,6,8,12,15-16H2,1-4H3. The fourth-order valence-corrected chi connectivity index (χ4v) is 3.83. The summed E-state index contributed by atoms with van der Waals surface area (Å²) in [6, 6.07) is 13.0. The van der Waals surface area contributed by atoms with Crippen LogP contribution >= 0.6 is 0 Å². The maximum absolute atomic E-state index is 12.5. The molecule has 8 heteroatoms. The Morgan fingerprint density at radius 3 is 2.72 bits per heavy atom. The summed E-state index contributed by atoms with van der Waals surface area (Å²) >= 11 is 0. The van der Waals surface area contributed by atoms with Crippen molar-refractivity contribution >= 4 is 17.5 Å². The third-order valence-corrected chi connectivity index (χ3v) is 5.37. The number of anilines is 1. The zero-order valence-corrected chi connectivity index (χ0v) is 19.1. The Labute approximate surface area is 188 Å². The fourth-order valence-electron chi connectivity index (χ4n) is 3.83. The van der Waals surface area contributed by atoms with E-state index < -0.39 is 10.5 Å². The summed E-state index contributed by atoms with van der Waals surface area (Å²) in [4.78, 5) is 24.9. The zero-order valence-electron chi connectivity index (χ0n) is 19.1. The molecule has 172 valence electrons. The van der Waals surface area contributed by atoms with Crippen molar-refractivity contribution in [2.24, 2.45) is 0 Å². The van der Waals surface area contributed by atoms with E-state index in [9.17, 15) is 14.9 Å². The van der Waals surface area contributed by atoms with Gasteiger partial charge in [-0.2, -0.15) is 0 Å². The number of nitro groups is 1. The number of nitro benzene ring substituents is 1. The first kappa shape index (κ1) is 23.4. The number of piperidine rings is 1. The maximum Gasteiger partial charge on any atom is 0.410 e. The van der Waals surface area contributed by atoms with Crippen molar-refractivity contribution in [3.63, 3.8) is 0 Å². The van der Waals surface area contributed by atoms with E-state index in [-0.39, 0.29) is 23.4 Å². The second-order valence-electron chi connectivity index (χ2n) is 9.01. The highest BCUT2D eigenvalue weighted by molar-refractivity contribution is 5.68. The number of likely N-dealkylation sites (tertiary alicyclic amines) is 1. The Balaban J connectivity index is 1.65. The van der Waals surface area contributed by atoms with Gasteiger partial charge in [-0.1, -0.05) is 18.2 Å². The molecule has 1 aliphatic rings. The van der Waals surface area contributed by atoms with Crippen LogP contribution < -0.4 is 10.1 Å². The van der Waals surface area contributed by atoms with E-state index in [0.717, 1.165) is 24.1 Å². The minimum atomic E-state index is -0.506. The Morgan fingerprint density at radius 1 is 1.25 bits per heavy atom.